The van der Waals surface area contributed by atoms with E-state index in [4.69, 9.17) is 4.42 Å². The fourth-order valence-corrected chi connectivity index (χ4v) is 5.07. The quantitative estimate of drug-likeness (QED) is 0.420. The Bertz CT molecular complexity index is 1340. The normalized spacial score (nSPS) is 17.1. The van der Waals surface area contributed by atoms with E-state index in [1.54, 1.807) is 24.0 Å². The Labute approximate surface area is 210 Å². The molecule has 1 aromatic heterocycles. The molecule has 3 aromatic rings. The van der Waals surface area contributed by atoms with Crippen LogP contribution >= 0.6 is 11.8 Å². The summed E-state index contributed by atoms with van der Waals surface area (Å²) in [7, 11) is 0. The van der Waals surface area contributed by atoms with Gasteiger partial charge in [-0.1, -0.05) is 30.0 Å². The van der Waals surface area contributed by atoms with Crippen LogP contribution in [0.2, 0.25) is 0 Å². The molecule has 2 aliphatic heterocycles. The van der Waals surface area contributed by atoms with Crippen molar-refractivity contribution in [2.24, 2.45) is 4.99 Å². The summed E-state index contributed by atoms with van der Waals surface area (Å²) in [5, 5.41) is -0.247. The van der Waals surface area contributed by atoms with Crippen LogP contribution in [0.3, 0.4) is 0 Å². The number of alkyl halides is 2. The summed E-state index contributed by atoms with van der Waals surface area (Å²) in [6.07, 6.45) is 3.79. The highest BCUT2D eigenvalue weighted by molar-refractivity contribution is 8.15. The van der Waals surface area contributed by atoms with Gasteiger partial charge in [0.2, 0.25) is 5.91 Å². The lowest BCUT2D eigenvalue weighted by atomic mass is 10.2. The van der Waals surface area contributed by atoms with E-state index in [9.17, 15) is 18.4 Å². The average molecular weight is 510 g/mol. The summed E-state index contributed by atoms with van der Waals surface area (Å²) in [6.45, 7) is -0.595. The Hall–Kier alpha value is -3.92. The molecule has 1 atom stereocenters. The first-order valence-corrected chi connectivity index (χ1v) is 12.1. The van der Waals surface area contributed by atoms with Gasteiger partial charge in [0, 0.05) is 18.3 Å². The van der Waals surface area contributed by atoms with Crippen LogP contribution in [-0.4, -0.2) is 35.4 Å². The molecule has 0 saturated heterocycles. The number of thioether (sulfide) groups is 1. The molecular weight excluding hydrogens is 488 g/mol. The molecule has 0 saturated carbocycles. The van der Waals surface area contributed by atoms with Gasteiger partial charge in [0.25, 0.3) is 5.91 Å². The molecule has 0 spiro atoms. The largest absolute Gasteiger partial charge is 0.465 e. The van der Waals surface area contributed by atoms with E-state index in [0.717, 1.165) is 29.4 Å². The summed E-state index contributed by atoms with van der Waals surface area (Å²) in [4.78, 5) is 34.3. The number of aliphatic imine (C=N–C) groups is 1. The van der Waals surface area contributed by atoms with Crippen molar-refractivity contribution in [2.75, 3.05) is 16.3 Å². The second-order valence-corrected chi connectivity index (χ2v) is 9.39. The molecule has 0 bridgehead atoms. The van der Waals surface area contributed by atoms with Gasteiger partial charge in [-0.25, -0.2) is 4.99 Å². The number of rotatable bonds is 6. The first kappa shape index (κ1) is 23.8. The van der Waals surface area contributed by atoms with E-state index in [2.05, 4.69) is 9.73 Å². The third-order valence-corrected chi connectivity index (χ3v) is 6.79. The van der Waals surface area contributed by atoms with Crippen molar-refractivity contribution in [2.45, 2.75) is 25.2 Å². The van der Waals surface area contributed by atoms with Gasteiger partial charge in [-0.05, 0) is 61.4 Å². The number of para-hydroxylation sites is 1. The molecule has 0 fully saturated rings. The van der Waals surface area contributed by atoms with Crippen LogP contribution < -0.4 is 14.5 Å². The molecule has 10 heteroatoms. The van der Waals surface area contributed by atoms with Gasteiger partial charge < -0.3 is 14.1 Å². The van der Waals surface area contributed by atoms with Gasteiger partial charge in [0.1, 0.15) is 17.2 Å². The first-order valence-electron chi connectivity index (χ1n) is 11.2. The predicted octanol–water partition coefficient (Wildman–Crippen LogP) is 5.34. The highest BCUT2D eigenvalue weighted by atomic mass is 32.2. The summed E-state index contributed by atoms with van der Waals surface area (Å²) in [6, 6.07) is 16.8. The lowest BCUT2D eigenvalue weighted by Crippen LogP contribution is -2.38. The fourth-order valence-electron chi connectivity index (χ4n) is 4.08. The number of hydrogen-bond donors (Lipinski definition) is 0. The molecule has 0 radical (unpaired) electrons. The van der Waals surface area contributed by atoms with E-state index in [0.29, 0.717) is 23.2 Å². The second kappa shape index (κ2) is 9.98. The number of nitrogens with zero attached hydrogens (tertiary/aromatic N) is 3. The maximum absolute atomic E-state index is 13.3. The molecule has 184 valence electrons. The maximum atomic E-state index is 13.3. The minimum atomic E-state index is -2.96. The Balaban J connectivity index is 1.42. The number of amides is 2. The highest BCUT2D eigenvalue weighted by Crippen LogP contribution is 2.34. The number of halogens is 2. The molecular formula is C26H21F2N3O4S. The van der Waals surface area contributed by atoms with Gasteiger partial charge >= 0.3 is 6.61 Å². The molecule has 5 rings (SSSR count). The lowest BCUT2D eigenvalue weighted by molar-refractivity contribution is -0.117. The van der Waals surface area contributed by atoms with E-state index >= 15 is 0 Å². The molecule has 2 amide bonds. The molecule has 0 unspecified atom stereocenters. The van der Waals surface area contributed by atoms with Crippen LogP contribution in [0.5, 0.6) is 5.75 Å². The van der Waals surface area contributed by atoms with Crippen LogP contribution in [0.1, 0.15) is 18.2 Å². The smallest absolute Gasteiger partial charge is 0.387 e. The minimum absolute atomic E-state index is 0.0332. The lowest BCUT2D eigenvalue weighted by Gasteiger charge is -2.23. The van der Waals surface area contributed by atoms with Crippen LogP contribution in [0, 0.1) is 0 Å². The third kappa shape index (κ3) is 4.76. The van der Waals surface area contributed by atoms with E-state index in [1.807, 2.05) is 24.3 Å². The number of furan rings is 1. The number of benzene rings is 2. The molecule has 0 N–H and O–H groups in total. The predicted molar refractivity (Wildman–Crippen MR) is 134 cm³/mol. The first-order chi connectivity index (χ1) is 17.4. The summed E-state index contributed by atoms with van der Waals surface area (Å²) in [5.74, 6) is -0.104. The van der Waals surface area contributed by atoms with E-state index in [-0.39, 0.29) is 17.4 Å². The van der Waals surface area contributed by atoms with Crippen LogP contribution in [0.15, 0.2) is 82.0 Å². The van der Waals surface area contributed by atoms with Crippen molar-refractivity contribution >= 4 is 46.2 Å². The number of amidine groups is 1. The molecule has 7 nitrogen and oxygen atoms in total. The van der Waals surface area contributed by atoms with Crippen molar-refractivity contribution in [3.63, 3.8) is 0 Å². The van der Waals surface area contributed by atoms with Crippen molar-refractivity contribution in [1.29, 1.82) is 0 Å². The van der Waals surface area contributed by atoms with E-state index in [1.165, 1.54) is 41.5 Å². The number of carbonyl (C=O) groups is 2. The minimum Gasteiger partial charge on any atom is -0.465 e. The molecule has 2 aliphatic rings. The van der Waals surface area contributed by atoms with Crippen LogP contribution in [0.25, 0.3) is 6.08 Å². The number of hydrogen-bond acceptors (Lipinski definition) is 6. The Morgan fingerprint density at radius 3 is 2.64 bits per heavy atom. The van der Waals surface area contributed by atoms with E-state index < -0.39 is 17.8 Å². The van der Waals surface area contributed by atoms with Crippen molar-refractivity contribution in [3.05, 3.63) is 83.9 Å². The average Bonchev–Trinajstić information content (AvgIpc) is 3.59. The number of fused-ring (bicyclic) bond motifs is 1. The van der Waals surface area contributed by atoms with Gasteiger partial charge in [0.05, 0.1) is 17.2 Å². The summed E-state index contributed by atoms with van der Waals surface area (Å²) < 4.78 is 34.8. The number of anilines is 2. The SMILES string of the molecule is C[C@H](SC1=N/C(=C/c2ccco2)C(=O)N1c1ccc(OC(F)F)cc1)C(=O)N1CCc2ccccc21. The van der Waals surface area contributed by atoms with Crippen molar-refractivity contribution in [1.82, 2.24) is 0 Å². The second-order valence-electron chi connectivity index (χ2n) is 8.08. The zero-order chi connectivity index (χ0) is 25.2. The molecule has 3 heterocycles. The highest BCUT2D eigenvalue weighted by Gasteiger charge is 2.36. The molecule has 2 aromatic carbocycles. The van der Waals surface area contributed by atoms with Crippen LogP contribution in [-0.2, 0) is 16.0 Å². The maximum Gasteiger partial charge on any atom is 0.387 e. The van der Waals surface area contributed by atoms with Crippen molar-refractivity contribution < 1.29 is 27.5 Å². The third-order valence-electron chi connectivity index (χ3n) is 5.75. The number of ether oxygens (including phenoxy) is 1. The Morgan fingerprint density at radius 1 is 1.14 bits per heavy atom. The monoisotopic (exact) mass is 509 g/mol. The Kier molecular flexibility index (Phi) is 6.60. The zero-order valence-electron chi connectivity index (χ0n) is 19.1. The molecule has 36 heavy (non-hydrogen) atoms. The van der Waals surface area contributed by atoms with Crippen molar-refractivity contribution in [3.8, 4) is 5.75 Å². The standard InChI is InChI=1S/C26H21F2N3O4S/c1-16(23(32)30-13-12-17-5-2-3-7-22(17)30)36-26-29-21(15-20-6-4-14-34-20)24(33)31(26)18-8-10-19(11-9-18)35-25(27)28/h2-11,14-16,25H,12-13H2,1H3/b21-15+/t16-/m0/s1. The number of carbonyl (C=O) groups excluding carboxylic acids is 2. The zero-order valence-corrected chi connectivity index (χ0v) is 20.0. The topological polar surface area (TPSA) is 75.4 Å². The summed E-state index contributed by atoms with van der Waals surface area (Å²) >= 11 is 1.16. The van der Waals surface area contributed by atoms with Gasteiger partial charge in [-0.15, -0.1) is 0 Å². The van der Waals surface area contributed by atoms with Gasteiger partial charge in [-0.2, -0.15) is 8.78 Å². The van der Waals surface area contributed by atoms with Gasteiger partial charge in [0.15, 0.2) is 5.17 Å². The summed E-state index contributed by atoms with van der Waals surface area (Å²) in [5.41, 5.74) is 2.55. The fraction of sp³-hybridized carbons (Fsp3) is 0.192. The van der Waals surface area contributed by atoms with Gasteiger partial charge in [-0.3, -0.25) is 14.5 Å². The van der Waals surface area contributed by atoms with Crippen LogP contribution in [0.4, 0.5) is 20.2 Å². The molecule has 0 aliphatic carbocycles. The Morgan fingerprint density at radius 2 is 1.92 bits per heavy atom.